The Morgan fingerprint density at radius 2 is 1.67 bits per heavy atom. The number of amides is 3. The predicted molar refractivity (Wildman–Crippen MR) is 184 cm³/mol. The van der Waals surface area contributed by atoms with E-state index in [1.165, 1.54) is 0 Å². The second-order valence-electron chi connectivity index (χ2n) is 11.9. The fraction of sp³-hybridized carbons (Fsp3) is 0.289. The molecule has 0 saturated carbocycles. The van der Waals surface area contributed by atoms with Crippen LogP contribution in [0.25, 0.3) is 0 Å². The van der Waals surface area contributed by atoms with E-state index < -0.39 is 30.2 Å². The molecule has 3 amide bonds. The van der Waals surface area contributed by atoms with Gasteiger partial charge in [0.05, 0.1) is 38.0 Å². The van der Waals surface area contributed by atoms with Crippen LogP contribution in [0, 0.1) is 5.92 Å². The number of thioether (sulfide) groups is 1. The zero-order valence-electron chi connectivity index (χ0n) is 27.2. The van der Waals surface area contributed by atoms with E-state index in [4.69, 9.17) is 18.9 Å². The lowest BCUT2D eigenvalue weighted by Gasteiger charge is -2.41. The van der Waals surface area contributed by atoms with Crippen LogP contribution in [0.3, 0.4) is 0 Å². The Hall–Kier alpha value is -4.68. The van der Waals surface area contributed by atoms with Crippen molar-refractivity contribution in [3.63, 3.8) is 0 Å². The SMILES string of the molecule is COc1ccccc1SC[C@@H]1O[C@H](c2cccc(N3C(=O)CC(NC(=O)OCc4ccccc4)C3=O)c2)O[C@H](c2ccc(CO)cc2)[C@@H]1C. The lowest BCUT2D eigenvalue weighted by atomic mass is 9.91. The summed E-state index contributed by atoms with van der Waals surface area (Å²) >= 11 is 1.63. The first-order valence-electron chi connectivity index (χ1n) is 16.0. The molecule has 2 aliphatic rings. The standard InChI is InChI=1S/C38H38N2O8S/c1-24-32(23-49-33-14-7-6-13-31(33)45-2)47-37(48-35(24)27-17-15-25(21-41)16-18-27)28-11-8-12-29(19-28)40-34(42)20-30(36(40)43)39-38(44)46-22-26-9-4-3-5-10-26/h3-19,24,30,32,35,37,41H,20-23H2,1-2H3,(H,39,44)/t24-,30?,32+,35+,37+/m1/s1. The molecular weight excluding hydrogens is 644 g/mol. The van der Waals surface area contributed by atoms with Crippen LogP contribution in [-0.4, -0.2) is 48.0 Å². The number of methoxy groups -OCH3 is 1. The summed E-state index contributed by atoms with van der Waals surface area (Å²) in [7, 11) is 1.65. The molecule has 0 aromatic heterocycles. The van der Waals surface area contributed by atoms with Crippen LogP contribution in [0.4, 0.5) is 10.5 Å². The third-order valence-electron chi connectivity index (χ3n) is 8.65. The number of carbonyl (C=O) groups excluding carboxylic acids is 3. The molecule has 0 radical (unpaired) electrons. The van der Waals surface area contributed by atoms with Gasteiger partial charge in [-0.05, 0) is 41.0 Å². The van der Waals surface area contributed by atoms with Crippen LogP contribution in [-0.2, 0) is 37.0 Å². The van der Waals surface area contributed by atoms with Gasteiger partial charge in [-0.3, -0.25) is 9.59 Å². The molecule has 4 aromatic rings. The molecule has 11 heteroatoms. The zero-order valence-corrected chi connectivity index (χ0v) is 28.0. The van der Waals surface area contributed by atoms with Gasteiger partial charge < -0.3 is 29.4 Å². The largest absolute Gasteiger partial charge is 0.496 e. The zero-order chi connectivity index (χ0) is 34.3. The van der Waals surface area contributed by atoms with Crippen LogP contribution < -0.4 is 15.0 Å². The Morgan fingerprint density at radius 1 is 0.918 bits per heavy atom. The van der Waals surface area contributed by atoms with Crippen molar-refractivity contribution in [2.45, 2.75) is 56.0 Å². The van der Waals surface area contributed by atoms with Crippen molar-refractivity contribution in [2.75, 3.05) is 17.8 Å². The Balaban J connectivity index is 1.19. The normalized spacial score (nSPS) is 22.2. The van der Waals surface area contributed by atoms with Gasteiger partial charge in [-0.2, -0.15) is 0 Å². The number of aliphatic hydroxyl groups excluding tert-OH is 1. The summed E-state index contributed by atoms with van der Waals surface area (Å²) < 4.78 is 24.0. The maximum Gasteiger partial charge on any atom is 0.408 e. The first kappa shape index (κ1) is 34.2. The Labute approximate surface area is 289 Å². The van der Waals surface area contributed by atoms with Crippen LogP contribution in [0.2, 0.25) is 0 Å². The van der Waals surface area contributed by atoms with Crippen LogP contribution >= 0.6 is 11.8 Å². The van der Waals surface area contributed by atoms with Crippen molar-refractivity contribution in [1.82, 2.24) is 5.32 Å². The van der Waals surface area contributed by atoms with E-state index in [1.807, 2.05) is 84.9 Å². The number of hydrogen-bond donors (Lipinski definition) is 2. The number of ether oxygens (including phenoxy) is 4. The minimum atomic E-state index is -1.05. The number of benzene rings is 4. The predicted octanol–water partition coefficient (Wildman–Crippen LogP) is 6.33. The highest BCUT2D eigenvalue weighted by Crippen LogP contribution is 2.44. The molecule has 2 saturated heterocycles. The van der Waals surface area contributed by atoms with Gasteiger partial charge in [0.2, 0.25) is 5.91 Å². The number of para-hydroxylation sites is 1. The van der Waals surface area contributed by atoms with Gasteiger partial charge in [0.1, 0.15) is 18.4 Å². The lowest BCUT2D eigenvalue weighted by molar-refractivity contribution is -0.268. The van der Waals surface area contributed by atoms with Gasteiger partial charge in [0.25, 0.3) is 5.91 Å². The van der Waals surface area contributed by atoms with Crippen molar-refractivity contribution in [1.29, 1.82) is 0 Å². The number of nitrogens with zero attached hydrogens (tertiary/aromatic N) is 1. The number of nitrogens with one attached hydrogen (secondary N) is 1. The average molecular weight is 683 g/mol. The van der Waals surface area contributed by atoms with E-state index in [-0.39, 0.29) is 37.8 Å². The summed E-state index contributed by atoms with van der Waals surface area (Å²) in [5, 5.41) is 12.1. The number of anilines is 1. The van der Waals surface area contributed by atoms with E-state index in [2.05, 4.69) is 12.2 Å². The van der Waals surface area contributed by atoms with Crippen molar-refractivity contribution in [2.24, 2.45) is 5.92 Å². The lowest BCUT2D eigenvalue weighted by Crippen LogP contribution is -2.42. The van der Waals surface area contributed by atoms with Crippen molar-refractivity contribution < 1.29 is 38.4 Å². The van der Waals surface area contributed by atoms with Crippen LogP contribution in [0.1, 0.15) is 48.0 Å². The van der Waals surface area contributed by atoms with Crippen LogP contribution in [0.5, 0.6) is 5.75 Å². The van der Waals surface area contributed by atoms with E-state index in [1.54, 1.807) is 37.1 Å². The number of carbonyl (C=O) groups is 3. The summed E-state index contributed by atoms with van der Waals surface area (Å²) in [5.74, 6) is 0.360. The molecule has 0 aliphatic carbocycles. The first-order chi connectivity index (χ1) is 23.8. The topological polar surface area (TPSA) is 124 Å². The monoisotopic (exact) mass is 682 g/mol. The summed E-state index contributed by atoms with van der Waals surface area (Å²) in [6.07, 6.45) is -2.37. The summed E-state index contributed by atoms with van der Waals surface area (Å²) in [6, 6.07) is 30.6. The highest BCUT2D eigenvalue weighted by Gasteiger charge is 2.42. The number of aliphatic hydroxyl groups is 1. The molecule has 254 valence electrons. The second-order valence-corrected chi connectivity index (χ2v) is 13.0. The maximum atomic E-state index is 13.4. The maximum absolute atomic E-state index is 13.4. The molecule has 0 spiro atoms. The summed E-state index contributed by atoms with van der Waals surface area (Å²) in [5.41, 5.74) is 3.53. The molecule has 6 rings (SSSR count). The van der Waals surface area contributed by atoms with Gasteiger partial charge in [-0.1, -0.05) is 85.8 Å². The number of rotatable bonds is 11. The molecule has 2 heterocycles. The third-order valence-corrected chi connectivity index (χ3v) is 9.79. The molecule has 10 nitrogen and oxygen atoms in total. The Morgan fingerprint density at radius 3 is 2.43 bits per heavy atom. The van der Waals surface area contributed by atoms with Crippen molar-refractivity contribution in [3.05, 3.63) is 125 Å². The molecular formula is C38H38N2O8S. The molecule has 49 heavy (non-hydrogen) atoms. The first-order valence-corrected chi connectivity index (χ1v) is 17.0. The molecule has 0 bridgehead atoms. The minimum Gasteiger partial charge on any atom is -0.496 e. The summed E-state index contributed by atoms with van der Waals surface area (Å²) in [4.78, 5) is 41.1. The number of alkyl carbamates (subject to hydrolysis) is 1. The van der Waals surface area contributed by atoms with Gasteiger partial charge in [-0.15, -0.1) is 11.8 Å². The molecule has 2 fully saturated rings. The minimum absolute atomic E-state index is 0.0399. The fourth-order valence-corrected chi connectivity index (χ4v) is 7.15. The molecule has 4 aromatic carbocycles. The quantitative estimate of drug-likeness (QED) is 0.138. The van der Waals surface area contributed by atoms with Gasteiger partial charge in [0, 0.05) is 22.1 Å². The smallest absolute Gasteiger partial charge is 0.408 e. The Kier molecular flexibility index (Phi) is 10.9. The number of imide groups is 1. The fourth-order valence-electron chi connectivity index (χ4n) is 5.95. The second kappa shape index (κ2) is 15.7. The van der Waals surface area contributed by atoms with E-state index in [9.17, 15) is 19.5 Å². The van der Waals surface area contributed by atoms with E-state index in [0.29, 0.717) is 17.0 Å². The molecule has 2 N–H and O–H groups in total. The van der Waals surface area contributed by atoms with E-state index in [0.717, 1.165) is 32.2 Å². The summed E-state index contributed by atoms with van der Waals surface area (Å²) in [6.45, 7) is 2.07. The van der Waals surface area contributed by atoms with Crippen LogP contribution in [0.15, 0.2) is 108 Å². The van der Waals surface area contributed by atoms with E-state index >= 15 is 0 Å². The average Bonchev–Trinajstić information content (AvgIpc) is 3.42. The van der Waals surface area contributed by atoms with Crippen molar-refractivity contribution in [3.8, 4) is 5.75 Å². The van der Waals surface area contributed by atoms with Gasteiger partial charge >= 0.3 is 6.09 Å². The third kappa shape index (κ3) is 7.97. The molecule has 5 atom stereocenters. The van der Waals surface area contributed by atoms with Crippen molar-refractivity contribution >= 4 is 35.4 Å². The highest BCUT2D eigenvalue weighted by atomic mass is 32.2. The number of hydrogen-bond acceptors (Lipinski definition) is 9. The Bertz CT molecular complexity index is 1770. The van der Waals surface area contributed by atoms with Gasteiger partial charge in [-0.25, -0.2) is 9.69 Å². The highest BCUT2D eigenvalue weighted by molar-refractivity contribution is 7.99. The molecule has 2 aliphatic heterocycles. The molecule has 1 unspecified atom stereocenters. The van der Waals surface area contributed by atoms with Gasteiger partial charge in [0.15, 0.2) is 6.29 Å².